The number of carboxylic acids is 1. The number of carbonyl (C=O) groups is 4. The van der Waals surface area contributed by atoms with Gasteiger partial charge in [0.05, 0.1) is 5.52 Å². The van der Waals surface area contributed by atoms with Crippen molar-refractivity contribution in [3.63, 3.8) is 0 Å². The van der Waals surface area contributed by atoms with Crippen molar-refractivity contribution in [3.8, 4) is 11.1 Å². The molecule has 1 saturated heterocycles. The SMILES string of the molecule is CC(=O)c1nn(CC(=O)N2C3C[C@]3(C)C[C@H]2C(=O)N[C@@H](CC(C)C)C(=O)O)c2c(C)cc(-c3cnc(C)nc3)cc12. The molecule has 0 spiro atoms. The van der Waals surface area contributed by atoms with Crippen molar-refractivity contribution in [2.24, 2.45) is 11.3 Å². The predicted molar refractivity (Wildman–Crippen MR) is 151 cm³/mol. The first kappa shape index (κ1) is 28.4. The highest BCUT2D eigenvalue weighted by Gasteiger charge is 2.64. The topological polar surface area (TPSA) is 147 Å². The number of hydrogen-bond acceptors (Lipinski definition) is 7. The molecule has 1 saturated carbocycles. The zero-order valence-corrected chi connectivity index (χ0v) is 24.3. The third-order valence-electron chi connectivity index (χ3n) is 8.31. The maximum atomic E-state index is 13.8. The van der Waals surface area contributed by atoms with Gasteiger partial charge in [0.2, 0.25) is 11.8 Å². The van der Waals surface area contributed by atoms with Crippen molar-refractivity contribution in [1.29, 1.82) is 0 Å². The number of likely N-dealkylation sites (tertiary alicyclic amines) is 1. The fourth-order valence-corrected chi connectivity index (χ4v) is 6.14. The molecule has 1 unspecified atom stereocenters. The van der Waals surface area contributed by atoms with E-state index < -0.39 is 24.0 Å². The first-order valence-electron chi connectivity index (χ1n) is 13.9. The largest absolute Gasteiger partial charge is 0.480 e. The lowest BCUT2D eigenvalue weighted by Crippen LogP contribution is -2.53. The van der Waals surface area contributed by atoms with E-state index in [-0.39, 0.29) is 41.3 Å². The Balaban J connectivity index is 1.45. The molecular formula is C30H36N6O5. The molecule has 5 rings (SSSR count). The van der Waals surface area contributed by atoms with Crippen LogP contribution in [0.3, 0.4) is 0 Å². The van der Waals surface area contributed by atoms with E-state index in [9.17, 15) is 24.3 Å². The number of nitrogens with zero attached hydrogens (tertiary/aromatic N) is 5. The molecule has 2 aliphatic rings. The Bertz CT molecular complexity index is 1560. The normalized spacial score (nSPS) is 22.1. The van der Waals surface area contributed by atoms with E-state index in [1.54, 1.807) is 22.0 Å². The second-order valence-electron chi connectivity index (χ2n) is 12.2. The molecule has 2 fully saturated rings. The molecule has 0 bridgehead atoms. The number of aromatic nitrogens is 4. The Morgan fingerprint density at radius 2 is 1.78 bits per heavy atom. The Kier molecular flexibility index (Phi) is 7.17. The summed E-state index contributed by atoms with van der Waals surface area (Å²) in [6.45, 7) is 10.8. The van der Waals surface area contributed by atoms with Crippen LogP contribution in [0.4, 0.5) is 0 Å². The molecule has 2 aromatic heterocycles. The molecule has 1 aromatic carbocycles. The van der Waals surface area contributed by atoms with Crippen molar-refractivity contribution >= 4 is 34.5 Å². The number of fused-ring (bicyclic) bond motifs is 2. The third-order valence-corrected chi connectivity index (χ3v) is 8.31. The van der Waals surface area contributed by atoms with Crippen LogP contribution in [0.1, 0.15) is 68.8 Å². The van der Waals surface area contributed by atoms with E-state index in [2.05, 4.69) is 20.4 Å². The number of aryl methyl sites for hydroxylation is 2. The Hall–Kier alpha value is -4.15. The van der Waals surface area contributed by atoms with Crippen LogP contribution in [0.5, 0.6) is 0 Å². The van der Waals surface area contributed by atoms with E-state index in [1.807, 2.05) is 46.8 Å². The number of carboxylic acid groups (broad SMARTS) is 1. The summed E-state index contributed by atoms with van der Waals surface area (Å²) < 4.78 is 1.55. The van der Waals surface area contributed by atoms with Gasteiger partial charge in [0.15, 0.2) is 5.78 Å². The van der Waals surface area contributed by atoms with Gasteiger partial charge in [0, 0.05) is 36.3 Å². The summed E-state index contributed by atoms with van der Waals surface area (Å²) in [4.78, 5) is 61.7. The van der Waals surface area contributed by atoms with Crippen LogP contribution < -0.4 is 5.32 Å². The van der Waals surface area contributed by atoms with Gasteiger partial charge in [0.25, 0.3) is 0 Å². The summed E-state index contributed by atoms with van der Waals surface area (Å²) in [5.74, 6) is -1.32. The number of ketones is 1. The van der Waals surface area contributed by atoms with Crippen LogP contribution in [-0.2, 0) is 20.9 Å². The molecule has 11 heteroatoms. The van der Waals surface area contributed by atoms with E-state index >= 15 is 0 Å². The zero-order chi connectivity index (χ0) is 29.8. The van der Waals surface area contributed by atoms with Gasteiger partial charge in [-0.2, -0.15) is 5.10 Å². The van der Waals surface area contributed by atoms with Crippen molar-refractivity contribution < 1.29 is 24.3 Å². The van der Waals surface area contributed by atoms with Gasteiger partial charge in [0.1, 0.15) is 30.1 Å². The smallest absolute Gasteiger partial charge is 0.326 e. The van der Waals surface area contributed by atoms with Gasteiger partial charge in [-0.1, -0.05) is 20.8 Å². The molecule has 3 aromatic rings. The third kappa shape index (κ3) is 5.32. The number of carbonyl (C=O) groups excluding carboxylic acids is 3. The molecule has 3 heterocycles. The zero-order valence-electron chi connectivity index (χ0n) is 24.3. The van der Waals surface area contributed by atoms with E-state index in [0.717, 1.165) is 23.1 Å². The molecule has 11 nitrogen and oxygen atoms in total. The Labute approximate surface area is 238 Å². The second-order valence-corrected chi connectivity index (χ2v) is 12.2. The number of rotatable bonds is 9. The minimum absolute atomic E-state index is 0.0782. The standard InChI is InChI=1S/C30H36N6O5/c1-15(2)7-22(29(40)41)33-28(39)23-10-30(6)11-24(30)36(23)25(38)14-35-27-16(3)8-19(20-12-31-18(5)32-13-20)9-21(27)26(34-35)17(4)37/h8-9,12-13,15,22-24H,7,10-11,14H2,1-6H3,(H,33,39)(H,40,41)/t22-,23-,24?,30-/m0/s1. The average molecular weight is 561 g/mol. The molecule has 1 aliphatic heterocycles. The van der Waals surface area contributed by atoms with Crippen LogP contribution in [0.2, 0.25) is 0 Å². The number of piperidine rings is 1. The lowest BCUT2D eigenvalue weighted by molar-refractivity contribution is -0.145. The van der Waals surface area contributed by atoms with Gasteiger partial charge in [-0.3, -0.25) is 19.1 Å². The fourth-order valence-electron chi connectivity index (χ4n) is 6.14. The predicted octanol–water partition coefficient (Wildman–Crippen LogP) is 3.31. The van der Waals surface area contributed by atoms with Crippen molar-refractivity contribution in [1.82, 2.24) is 30.0 Å². The first-order valence-corrected chi connectivity index (χ1v) is 13.9. The lowest BCUT2D eigenvalue weighted by Gasteiger charge is -2.28. The summed E-state index contributed by atoms with van der Waals surface area (Å²) in [5.41, 5.74) is 3.22. The molecule has 41 heavy (non-hydrogen) atoms. The van der Waals surface area contributed by atoms with Gasteiger partial charge in [-0.25, -0.2) is 14.8 Å². The monoisotopic (exact) mass is 560 g/mol. The van der Waals surface area contributed by atoms with Gasteiger partial charge >= 0.3 is 5.97 Å². The molecule has 2 amide bonds. The highest BCUT2D eigenvalue weighted by Crippen LogP contribution is 2.59. The summed E-state index contributed by atoms with van der Waals surface area (Å²) in [6, 6.07) is 1.94. The van der Waals surface area contributed by atoms with Crippen LogP contribution in [-0.4, -0.2) is 71.4 Å². The summed E-state index contributed by atoms with van der Waals surface area (Å²) >= 11 is 0. The minimum Gasteiger partial charge on any atom is -0.480 e. The van der Waals surface area contributed by atoms with Crippen LogP contribution >= 0.6 is 0 Å². The van der Waals surface area contributed by atoms with Crippen molar-refractivity contribution in [2.45, 2.75) is 85.5 Å². The number of nitrogens with one attached hydrogen (secondary N) is 1. The molecule has 216 valence electrons. The summed E-state index contributed by atoms with van der Waals surface area (Å²) in [7, 11) is 0. The van der Waals surface area contributed by atoms with Crippen LogP contribution in [0, 0.1) is 25.2 Å². The Morgan fingerprint density at radius 3 is 2.39 bits per heavy atom. The second kappa shape index (κ2) is 10.4. The first-order chi connectivity index (χ1) is 19.3. The maximum absolute atomic E-state index is 13.8. The van der Waals surface area contributed by atoms with Crippen LogP contribution in [0.25, 0.3) is 22.0 Å². The molecule has 2 N–H and O–H groups in total. The van der Waals surface area contributed by atoms with E-state index in [4.69, 9.17) is 0 Å². The number of Topliss-reactive ketones (excluding diaryl/α,β-unsaturated/α-hetero) is 1. The number of hydrogen-bond donors (Lipinski definition) is 2. The van der Waals surface area contributed by atoms with Gasteiger partial charge < -0.3 is 15.3 Å². The van der Waals surface area contributed by atoms with Crippen molar-refractivity contribution in [2.75, 3.05) is 0 Å². The van der Waals surface area contributed by atoms with E-state index in [0.29, 0.717) is 29.6 Å². The van der Waals surface area contributed by atoms with Crippen molar-refractivity contribution in [3.05, 3.63) is 41.6 Å². The lowest BCUT2D eigenvalue weighted by atomic mass is 10.00. The Morgan fingerprint density at radius 1 is 1.10 bits per heavy atom. The molecule has 0 radical (unpaired) electrons. The fraction of sp³-hybridized carbons (Fsp3) is 0.500. The maximum Gasteiger partial charge on any atom is 0.326 e. The van der Waals surface area contributed by atoms with Gasteiger partial charge in [-0.05, 0) is 67.7 Å². The van der Waals surface area contributed by atoms with Crippen LogP contribution in [0.15, 0.2) is 24.5 Å². The van der Waals surface area contributed by atoms with E-state index in [1.165, 1.54) is 6.92 Å². The highest BCUT2D eigenvalue weighted by molar-refractivity contribution is 6.07. The summed E-state index contributed by atoms with van der Waals surface area (Å²) in [6.07, 6.45) is 5.02. The quantitative estimate of drug-likeness (QED) is 0.379. The number of amides is 2. The van der Waals surface area contributed by atoms with Gasteiger partial charge in [-0.15, -0.1) is 0 Å². The minimum atomic E-state index is -1.09. The highest BCUT2D eigenvalue weighted by atomic mass is 16.4. The molecule has 4 atom stereocenters. The molecular weight excluding hydrogens is 524 g/mol. The average Bonchev–Trinajstić information content (AvgIpc) is 3.24. The molecule has 1 aliphatic carbocycles. The summed E-state index contributed by atoms with van der Waals surface area (Å²) in [5, 5.41) is 17.5. The number of benzene rings is 1. The number of aliphatic carboxylic acids is 1.